The largest absolute Gasteiger partial charge is 0.462 e. The Labute approximate surface area is 216 Å². The Bertz CT molecular complexity index is 1660. The summed E-state index contributed by atoms with van der Waals surface area (Å²) >= 11 is 2.67. The van der Waals surface area contributed by atoms with E-state index in [0.717, 1.165) is 32.4 Å². The van der Waals surface area contributed by atoms with E-state index < -0.39 is 5.25 Å². The number of amides is 1. The number of nitrogens with one attached hydrogen (secondary N) is 1. The molecule has 0 radical (unpaired) electrons. The van der Waals surface area contributed by atoms with E-state index in [9.17, 15) is 9.59 Å². The molecule has 3 aromatic heterocycles. The first-order chi connectivity index (χ1) is 17.2. The summed E-state index contributed by atoms with van der Waals surface area (Å²) < 4.78 is 7.89. The second kappa shape index (κ2) is 9.51. The molecule has 0 fully saturated rings. The summed E-state index contributed by atoms with van der Waals surface area (Å²) in [5, 5.41) is 13.5. The number of aryl methyl sites for hydroxylation is 3. The van der Waals surface area contributed by atoms with Crippen LogP contribution in [0.25, 0.3) is 26.8 Å². The molecule has 8 nitrogen and oxygen atoms in total. The minimum absolute atomic E-state index is 0.189. The number of hydrogen-bond donors (Lipinski definition) is 1. The van der Waals surface area contributed by atoms with Crippen LogP contribution >= 0.6 is 23.1 Å². The molecule has 0 bridgehead atoms. The average molecular weight is 520 g/mol. The third kappa shape index (κ3) is 4.42. The number of thiazole rings is 1. The quantitative estimate of drug-likeness (QED) is 0.226. The molecule has 5 aromatic rings. The van der Waals surface area contributed by atoms with Crippen molar-refractivity contribution >= 4 is 66.9 Å². The molecule has 5 rings (SSSR count). The normalized spacial score (nSPS) is 12.4. The topological polar surface area (TPSA) is 98.5 Å². The fourth-order valence-corrected chi connectivity index (χ4v) is 6.00. The SMILES string of the molecule is CCOC(=O)c1ccc2nc(NC(=O)C(C)Sc3nnc4cc(C)c5cc(C)cc(C)c5n34)sc2c1. The molecule has 0 spiro atoms. The summed E-state index contributed by atoms with van der Waals surface area (Å²) in [4.78, 5) is 29.6. The Morgan fingerprint density at radius 2 is 1.92 bits per heavy atom. The molecule has 184 valence electrons. The number of pyridine rings is 1. The van der Waals surface area contributed by atoms with Crippen LogP contribution in [0.4, 0.5) is 5.13 Å². The number of carbonyl (C=O) groups excluding carboxylic acids is 2. The summed E-state index contributed by atoms with van der Waals surface area (Å²) in [5.74, 6) is -0.567. The fraction of sp³-hybridized carbons (Fsp3) is 0.269. The number of benzene rings is 2. The highest BCUT2D eigenvalue weighted by Gasteiger charge is 2.21. The predicted octanol–water partition coefficient (Wildman–Crippen LogP) is 5.71. The number of aromatic nitrogens is 4. The zero-order chi connectivity index (χ0) is 25.6. The maximum absolute atomic E-state index is 13.0. The number of nitrogens with zero attached hydrogens (tertiary/aromatic N) is 4. The van der Waals surface area contributed by atoms with Gasteiger partial charge in [0.2, 0.25) is 5.91 Å². The number of hydrogen-bond acceptors (Lipinski definition) is 8. The van der Waals surface area contributed by atoms with Gasteiger partial charge in [-0.3, -0.25) is 9.20 Å². The van der Waals surface area contributed by atoms with E-state index in [1.165, 1.54) is 28.7 Å². The zero-order valence-electron chi connectivity index (χ0n) is 20.6. The van der Waals surface area contributed by atoms with Crippen LogP contribution in [-0.4, -0.2) is 43.3 Å². The standard InChI is InChI=1S/C26H25N5O3S2/c1-6-34-24(33)17-7-8-19-20(12-17)36-25(27-19)28-23(32)16(5)35-26-30-29-21-11-14(3)18-10-13(2)9-15(4)22(18)31(21)26/h7-12,16H,6H2,1-5H3,(H,27,28,32). The molecule has 1 unspecified atom stereocenters. The Morgan fingerprint density at radius 1 is 1.11 bits per heavy atom. The number of anilines is 1. The van der Waals surface area contributed by atoms with Gasteiger partial charge in [0.1, 0.15) is 0 Å². The molecule has 0 saturated heterocycles. The lowest BCUT2D eigenvalue weighted by Crippen LogP contribution is -2.22. The Kier molecular flexibility index (Phi) is 6.40. The van der Waals surface area contributed by atoms with Crippen LogP contribution in [0.1, 0.15) is 40.9 Å². The van der Waals surface area contributed by atoms with E-state index in [4.69, 9.17) is 4.74 Å². The van der Waals surface area contributed by atoms with Gasteiger partial charge in [0.05, 0.1) is 33.2 Å². The van der Waals surface area contributed by atoms with Crippen molar-refractivity contribution in [1.82, 2.24) is 19.6 Å². The van der Waals surface area contributed by atoms with Gasteiger partial charge in [0.25, 0.3) is 0 Å². The number of thioether (sulfide) groups is 1. The minimum Gasteiger partial charge on any atom is -0.462 e. The highest BCUT2D eigenvalue weighted by Crippen LogP contribution is 2.32. The highest BCUT2D eigenvalue weighted by molar-refractivity contribution is 8.00. The molecule has 36 heavy (non-hydrogen) atoms. The molecule has 10 heteroatoms. The Morgan fingerprint density at radius 3 is 2.69 bits per heavy atom. The van der Waals surface area contributed by atoms with Crippen molar-refractivity contribution in [2.45, 2.75) is 45.0 Å². The number of esters is 1. The summed E-state index contributed by atoms with van der Waals surface area (Å²) in [6.07, 6.45) is 0. The Hall–Kier alpha value is -3.50. The van der Waals surface area contributed by atoms with E-state index >= 15 is 0 Å². The lowest BCUT2D eigenvalue weighted by Gasteiger charge is -2.13. The van der Waals surface area contributed by atoms with Crippen molar-refractivity contribution in [2.75, 3.05) is 11.9 Å². The molecule has 3 heterocycles. The van der Waals surface area contributed by atoms with E-state index in [1.54, 1.807) is 25.1 Å². The van der Waals surface area contributed by atoms with E-state index in [2.05, 4.69) is 53.4 Å². The molecule has 1 amide bonds. The third-order valence-electron chi connectivity index (χ3n) is 5.88. The van der Waals surface area contributed by atoms with Crippen molar-refractivity contribution in [3.05, 3.63) is 58.7 Å². The van der Waals surface area contributed by atoms with Gasteiger partial charge in [0.15, 0.2) is 15.9 Å². The number of rotatable bonds is 6. The van der Waals surface area contributed by atoms with E-state index in [1.807, 2.05) is 17.4 Å². The lowest BCUT2D eigenvalue weighted by atomic mass is 10.0. The highest BCUT2D eigenvalue weighted by atomic mass is 32.2. The predicted molar refractivity (Wildman–Crippen MR) is 144 cm³/mol. The number of ether oxygens (including phenoxy) is 1. The first-order valence-corrected chi connectivity index (χ1v) is 13.3. The van der Waals surface area contributed by atoms with Crippen LogP contribution in [0.3, 0.4) is 0 Å². The molecule has 0 aliphatic heterocycles. The Balaban J connectivity index is 1.39. The smallest absolute Gasteiger partial charge is 0.338 e. The van der Waals surface area contributed by atoms with E-state index in [-0.39, 0.29) is 11.9 Å². The van der Waals surface area contributed by atoms with Gasteiger partial charge in [0, 0.05) is 5.39 Å². The van der Waals surface area contributed by atoms with Crippen LogP contribution in [0.15, 0.2) is 41.6 Å². The molecule has 0 aliphatic carbocycles. The van der Waals surface area contributed by atoms with Gasteiger partial charge in [-0.2, -0.15) is 0 Å². The number of carbonyl (C=O) groups is 2. The number of fused-ring (bicyclic) bond motifs is 4. The average Bonchev–Trinajstić information content (AvgIpc) is 3.41. The maximum Gasteiger partial charge on any atom is 0.338 e. The van der Waals surface area contributed by atoms with Crippen LogP contribution in [-0.2, 0) is 9.53 Å². The fourth-order valence-electron chi connectivity index (χ4n) is 4.23. The van der Waals surface area contributed by atoms with Gasteiger partial charge >= 0.3 is 5.97 Å². The summed E-state index contributed by atoms with van der Waals surface area (Å²) in [5.41, 5.74) is 6.45. The second-order valence-corrected chi connectivity index (χ2v) is 11.0. The monoisotopic (exact) mass is 519 g/mol. The summed E-state index contributed by atoms with van der Waals surface area (Å²) in [6.45, 7) is 10.2. The molecular weight excluding hydrogens is 494 g/mol. The second-order valence-electron chi connectivity index (χ2n) is 8.65. The van der Waals surface area contributed by atoms with Gasteiger partial charge in [-0.1, -0.05) is 34.7 Å². The molecule has 1 atom stereocenters. The van der Waals surface area contributed by atoms with E-state index in [0.29, 0.717) is 28.0 Å². The molecule has 0 saturated carbocycles. The van der Waals surface area contributed by atoms with Gasteiger partial charge in [-0.15, -0.1) is 10.2 Å². The minimum atomic E-state index is -0.443. The van der Waals surface area contributed by atoms with Crippen LogP contribution in [0.5, 0.6) is 0 Å². The van der Waals surface area contributed by atoms with Gasteiger partial charge in [-0.05, 0) is 76.1 Å². The first-order valence-electron chi connectivity index (χ1n) is 11.6. The van der Waals surface area contributed by atoms with Crippen LogP contribution < -0.4 is 5.32 Å². The van der Waals surface area contributed by atoms with Crippen molar-refractivity contribution in [1.29, 1.82) is 0 Å². The lowest BCUT2D eigenvalue weighted by molar-refractivity contribution is -0.115. The van der Waals surface area contributed by atoms with Gasteiger partial charge in [-0.25, -0.2) is 9.78 Å². The molecular formula is C26H25N5O3S2. The van der Waals surface area contributed by atoms with Crippen molar-refractivity contribution in [2.24, 2.45) is 0 Å². The van der Waals surface area contributed by atoms with Crippen LogP contribution in [0.2, 0.25) is 0 Å². The first kappa shape index (κ1) is 24.2. The van der Waals surface area contributed by atoms with Crippen molar-refractivity contribution in [3.63, 3.8) is 0 Å². The molecule has 2 aromatic carbocycles. The van der Waals surface area contributed by atoms with Crippen LogP contribution in [0, 0.1) is 20.8 Å². The molecule has 1 N–H and O–H groups in total. The molecule has 0 aliphatic rings. The zero-order valence-corrected chi connectivity index (χ0v) is 22.2. The van der Waals surface area contributed by atoms with Gasteiger partial charge < -0.3 is 10.1 Å². The third-order valence-corrected chi connectivity index (χ3v) is 7.85. The van der Waals surface area contributed by atoms with Crippen molar-refractivity contribution < 1.29 is 14.3 Å². The summed E-state index contributed by atoms with van der Waals surface area (Å²) in [7, 11) is 0. The maximum atomic E-state index is 13.0. The van der Waals surface area contributed by atoms with Crippen molar-refractivity contribution in [3.8, 4) is 0 Å². The summed E-state index contributed by atoms with van der Waals surface area (Å²) in [6, 6.07) is 11.5.